The lowest BCUT2D eigenvalue weighted by atomic mass is 9.97. The first kappa shape index (κ1) is 14.9. The van der Waals surface area contributed by atoms with Crippen LogP contribution in [0.25, 0.3) is 0 Å². The summed E-state index contributed by atoms with van der Waals surface area (Å²) in [5, 5.41) is 9.96. The summed E-state index contributed by atoms with van der Waals surface area (Å²) < 4.78 is 10.6. The van der Waals surface area contributed by atoms with E-state index in [2.05, 4.69) is 18.7 Å². The average molecular weight is 245 g/mol. The van der Waals surface area contributed by atoms with Crippen molar-refractivity contribution >= 4 is 0 Å². The molecule has 102 valence electrons. The molecule has 17 heavy (non-hydrogen) atoms. The number of rotatable bonds is 7. The van der Waals surface area contributed by atoms with E-state index in [9.17, 15) is 5.11 Å². The molecule has 1 rings (SSSR count). The van der Waals surface area contributed by atoms with Crippen LogP contribution in [0.2, 0.25) is 0 Å². The van der Waals surface area contributed by atoms with Crippen LogP contribution in [0.1, 0.15) is 26.7 Å². The first-order valence-corrected chi connectivity index (χ1v) is 6.67. The topological polar surface area (TPSA) is 41.9 Å². The predicted octanol–water partition coefficient (Wildman–Crippen LogP) is 1.13. The Hall–Kier alpha value is -0.160. The number of aliphatic hydroxyl groups is 1. The van der Waals surface area contributed by atoms with Gasteiger partial charge < -0.3 is 14.6 Å². The molecular weight excluding hydrogens is 218 g/mol. The van der Waals surface area contributed by atoms with Crippen LogP contribution in [-0.2, 0) is 9.47 Å². The summed E-state index contributed by atoms with van der Waals surface area (Å²) in [7, 11) is 1.73. The molecule has 0 radical (unpaired) electrons. The molecule has 0 aromatic carbocycles. The zero-order valence-electron chi connectivity index (χ0n) is 11.4. The monoisotopic (exact) mass is 245 g/mol. The zero-order chi connectivity index (χ0) is 12.7. The van der Waals surface area contributed by atoms with E-state index in [1.54, 1.807) is 7.11 Å². The first-order chi connectivity index (χ1) is 8.19. The largest absolute Gasteiger partial charge is 0.393 e. The highest BCUT2D eigenvalue weighted by Crippen LogP contribution is 2.17. The summed E-state index contributed by atoms with van der Waals surface area (Å²) in [5.74, 6) is 0.245. The number of nitrogens with zero attached hydrogens (tertiary/aromatic N) is 1. The van der Waals surface area contributed by atoms with Crippen LogP contribution < -0.4 is 0 Å². The highest BCUT2D eigenvalue weighted by molar-refractivity contribution is 4.78. The molecule has 1 heterocycles. The minimum Gasteiger partial charge on any atom is -0.393 e. The van der Waals surface area contributed by atoms with Gasteiger partial charge in [-0.2, -0.15) is 0 Å². The third kappa shape index (κ3) is 4.92. The minimum atomic E-state index is -0.210. The second-order valence-corrected chi connectivity index (χ2v) is 4.94. The minimum absolute atomic E-state index is 0.210. The van der Waals surface area contributed by atoms with E-state index >= 15 is 0 Å². The summed E-state index contributed by atoms with van der Waals surface area (Å²) >= 11 is 0. The van der Waals surface area contributed by atoms with Crippen LogP contribution in [0, 0.1) is 5.92 Å². The van der Waals surface area contributed by atoms with Gasteiger partial charge in [0, 0.05) is 38.8 Å². The Labute approximate surface area is 105 Å². The van der Waals surface area contributed by atoms with Crippen molar-refractivity contribution in [1.29, 1.82) is 0 Å². The van der Waals surface area contributed by atoms with Crippen molar-refractivity contribution in [2.24, 2.45) is 5.92 Å². The fourth-order valence-corrected chi connectivity index (χ4v) is 2.22. The van der Waals surface area contributed by atoms with Crippen molar-refractivity contribution in [3.63, 3.8) is 0 Å². The van der Waals surface area contributed by atoms with Gasteiger partial charge in [0.15, 0.2) is 0 Å². The molecule has 4 heteroatoms. The number of hydrogen-bond acceptors (Lipinski definition) is 4. The van der Waals surface area contributed by atoms with Crippen LogP contribution >= 0.6 is 0 Å². The fourth-order valence-electron chi connectivity index (χ4n) is 2.22. The molecule has 1 aliphatic heterocycles. The van der Waals surface area contributed by atoms with Gasteiger partial charge in [0.05, 0.1) is 19.3 Å². The Kier molecular flexibility index (Phi) is 7.04. The van der Waals surface area contributed by atoms with Gasteiger partial charge in [0.25, 0.3) is 0 Å². The maximum absolute atomic E-state index is 9.96. The Bertz CT molecular complexity index is 201. The summed E-state index contributed by atoms with van der Waals surface area (Å²) in [6.07, 6.45) is 1.68. The third-order valence-electron chi connectivity index (χ3n) is 3.70. The van der Waals surface area contributed by atoms with E-state index in [1.165, 1.54) is 0 Å². The van der Waals surface area contributed by atoms with Crippen LogP contribution in [0.15, 0.2) is 0 Å². The molecule has 0 aromatic heterocycles. The normalized spacial score (nSPS) is 27.4. The van der Waals surface area contributed by atoms with E-state index in [1.807, 2.05) is 0 Å². The molecule has 1 N–H and O–H groups in total. The number of methoxy groups -OCH3 is 1. The molecule has 0 bridgehead atoms. The average Bonchev–Trinajstić information content (AvgIpc) is 2.35. The van der Waals surface area contributed by atoms with E-state index in [4.69, 9.17) is 9.47 Å². The second kappa shape index (κ2) is 8.03. The Balaban J connectivity index is 2.45. The highest BCUT2D eigenvalue weighted by Gasteiger charge is 2.27. The lowest BCUT2D eigenvalue weighted by Crippen LogP contribution is -2.45. The van der Waals surface area contributed by atoms with Crippen molar-refractivity contribution < 1.29 is 14.6 Å². The van der Waals surface area contributed by atoms with Crippen molar-refractivity contribution in [2.75, 3.05) is 40.0 Å². The van der Waals surface area contributed by atoms with Crippen molar-refractivity contribution in [3.05, 3.63) is 0 Å². The lowest BCUT2D eigenvalue weighted by Gasteiger charge is -2.35. The number of ether oxygens (including phenoxy) is 2. The fraction of sp³-hybridized carbons (Fsp3) is 1.00. The molecule has 1 saturated heterocycles. The molecule has 3 atom stereocenters. The van der Waals surface area contributed by atoms with Gasteiger partial charge in [-0.3, -0.25) is 4.90 Å². The lowest BCUT2D eigenvalue weighted by molar-refractivity contribution is -0.0519. The molecule has 0 spiro atoms. The Morgan fingerprint density at radius 2 is 2.29 bits per heavy atom. The Morgan fingerprint density at radius 3 is 2.88 bits per heavy atom. The van der Waals surface area contributed by atoms with E-state index in [-0.39, 0.29) is 12.0 Å². The van der Waals surface area contributed by atoms with E-state index < -0.39 is 0 Å². The van der Waals surface area contributed by atoms with Gasteiger partial charge in [-0.15, -0.1) is 0 Å². The van der Waals surface area contributed by atoms with Crippen molar-refractivity contribution in [1.82, 2.24) is 4.90 Å². The summed E-state index contributed by atoms with van der Waals surface area (Å²) in [5.41, 5.74) is 0. The van der Waals surface area contributed by atoms with Crippen molar-refractivity contribution in [3.8, 4) is 0 Å². The second-order valence-electron chi connectivity index (χ2n) is 4.94. The van der Waals surface area contributed by atoms with Gasteiger partial charge in [0.1, 0.15) is 0 Å². The van der Waals surface area contributed by atoms with E-state index in [0.29, 0.717) is 19.3 Å². The molecule has 0 aromatic rings. The van der Waals surface area contributed by atoms with Gasteiger partial charge in [0.2, 0.25) is 0 Å². The first-order valence-electron chi connectivity index (χ1n) is 6.67. The number of aliphatic hydroxyl groups excluding tert-OH is 1. The molecule has 1 aliphatic rings. The smallest absolute Gasteiger partial charge is 0.0624 e. The van der Waals surface area contributed by atoms with Crippen molar-refractivity contribution in [2.45, 2.75) is 38.8 Å². The maximum Gasteiger partial charge on any atom is 0.0624 e. The molecular formula is C13H27NO3. The summed E-state index contributed by atoms with van der Waals surface area (Å²) in [6.45, 7) is 8.37. The maximum atomic E-state index is 9.96. The van der Waals surface area contributed by atoms with Crippen LogP contribution in [-0.4, -0.2) is 62.2 Å². The van der Waals surface area contributed by atoms with Gasteiger partial charge in [-0.1, -0.05) is 6.92 Å². The molecule has 0 aliphatic carbocycles. The van der Waals surface area contributed by atoms with Gasteiger partial charge in [-0.25, -0.2) is 0 Å². The van der Waals surface area contributed by atoms with Gasteiger partial charge >= 0.3 is 0 Å². The molecule has 0 amide bonds. The SMILES string of the molecule is CCC(C)N(CCOC)CC1COCCC1O. The predicted molar refractivity (Wildman–Crippen MR) is 68.1 cm³/mol. The van der Waals surface area contributed by atoms with Crippen LogP contribution in [0.3, 0.4) is 0 Å². The Morgan fingerprint density at radius 1 is 1.53 bits per heavy atom. The summed E-state index contributed by atoms with van der Waals surface area (Å²) in [4.78, 5) is 2.39. The summed E-state index contributed by atoms with van der Waals surface area (Å²) in [6, 6.07) is 0.527. The van der Waals surface area contributed by atoms with Crippen LogP contribution in [0.5, 0.6) is 0 Å². The zero-order valence-corrected chi connectivity index (χ0v) is 11.4. The van der Waals surface area contributed by atoms with E-state index in [0.717, 1.165) is 32.5 Å². The third-order valence-corrected chi connectivity index (χ3v) is 3.70. The molecule has 1 fully saturated rings. The van der Waals surface area contributed by atoms with Crippen LogP contribution in [0.4, 0.5) is 0 Å². The molecule has 3 unspecified atom stereocenters. The molecule has 0 saturated carbocycles. The highest BCUT2D eigenvalue weighted by atomic mass is 16.5. The quantitative estimate of drug-likeness (QED) is 0.730. The standard InChI is InChI=1S/C13H27NO3/c1-4-11(2)14(6-8-16-3)9-12-10-17-7-5-13(12)15/h11-13,15H,4-10H2,1-3H3. The number of hydrogen-bond donors (Lipinski definition) is 1. The molecule has 4 nitrogen and oxygen atoms in total. The van der Waals surface area contributed by atoms with Gasteiger partial charge in [-0.05, 0) is 19.8 Å².